The zero-order valence-corrected chi connectivity index (χ0v) is 20.6. The fourth-order valence-corrected chi connectivity index (χ4v) is 5.84. The number of benzene rings is 1. The van der Waals surface area contributed by atoms with Gasteiger partial charge < -0.3 is 10.1 Å². The lowest BCUT2D eigenvalue weighted by Crippen LogP contribution is -2.47. The number of hydrogen-bond acceptors (Lipinski definition) is 6. The SMILES string of the molecule is CC(OC(=O)CCc1ccc(S(=O)(=O)N2CCCCCC2)cc1)C(=O)NC(=O)NC1CCCC1. The van der Waals surface area contributed by atoms with Crippen molar-refractivity contribution >= 4 is 27.9 Å². The van der Waals surface area contributed by atoms with Crippen LogP contribution in [0.15, 0.2) is 29.2 Å². The molecule has 1 unspecified atom stereocenters. The zero-order valence-electron chi connectivity index (χ0n) is 19.8. The largest absolute Gasteiger partial charge is 0.453 e. The van der Waals surface area contributed by atoms with Crippen molar-refractivity contribution in [1.82, 2.24) is 14.9 Å². The third kappa shape index (κ3) is 7.53. The van der Waals surface area contributed by atoms with E-state index in [1.54, 1.807) is 28.6 Å². The average Bonchev–Trinajstić information content (AvgIpc) is 3.15. The molecule has 1 aromatic carbocycles. The summed E-state index contributed by atoms with van der Waals surface area (Å²) in [6, 6.07) is 6.04. The molecule has 0 bridgehead atoms. The standard InChI is InChI=1S/C24H35N3O6S/c1-18(23(29)26-24(30)25-20-8-4-5-9-20)33-22(28)15-12-19-10-13-21(14-11-19)34(31,32)27-16-6-2-3-7-17-27/h10-11,13-14,18,20H,2-9,12,15-17H2,1H3,(H2,25,26,29,30). The van der Waals surface area contributed by atoms with Crippen LogP contribution in [0.5, 0.6) is 0 Å². The number of nitrogens with zero attached hydrogens (tertiary/aromatic N) is 1. The summed E-state index contributed by atoms with van der Waals surface area (Å²) >= 11 is 0. The van der Waals surface area contributed by atoms with E-state index >= 15 is 0 Å². The monoisotopic (exact) mass is 493 g/mol. The Hall–Kier alpha value is -2.46. The summed E-state index contributed by atoms with van der Waals surface area (Å²) in [6.07, 6.45) is 7.06. The first-order valence-corrected chi connectivity index (χ1v) is 13.6. The molecule has 2 aliphatic rings. The fraction of sp³-hybridized carbons (Fsp3) is 0.625. The van der Waals surface area contributed by atoms with Crippen molar-refractivity contribution in [1.29, 1.82) is 0 Å². The first-order chi connectivity index (χ1) is 16.3. The van der Waals surface area contributed by atoms with Crippen molar-refractivity contribution in [2.75, 3.05) is 13.1 Å². The number of aryl methyl sites for hydroxylation is 1. The minimum Gasteiger partial charge on any atom is -0.453 e. The van der Waals surface area contributed by atoms with Crippen LogP contribution in [0.25, 0.3) is 0 Å². The Balaban J connectivity index is 1.43. The van der Waals surface area contributed by atoms with Crippen LogP contribution in [0.1, 0.15) is 70.3 Å². The Morgan fingerprint density at radius 1 is 1.00 bits per heavy atom. The van der Waals surface area contributed by atoms with Crippen molar-refractivity contribution in [3.8, 4) is 0 Å². The molecular formula is C24H35N3O6S. The van der Waals surface area contributed by atoms with Crippen LogP contribution in [-0.2, 0) is 30.8 Å². The van der Waals surface area contributed by atoms with Gasteiger partial charge in [-0.2, -0.15) is 4.31 Å². The molecule has 3 amide bonds. The molecule has 1 aromatic rings. The van der Waals surface area contributed by atoms with Gasteiger partial charge in [-0.15, -0.1) is 0 Å². The summed E-state index contributed by atoms with van der Waals surface area (Å²) in [4.78, 5) is 36.4. The highest BCUT2D eigenvalue weighted by Crippen LogP contribution is 2.21. The van der Waals surface area contributed by atoms with Gasteiger partial charge in [0.15, 0.2) is 6.10 Å². The lowest BCUT2D eigenvalue weighted by molar-refractivity contribution is -0.154. The normalized spacial score (nSPS) is 18.6. The molecule has 2 N–H and O–H groups in total. The van der Waals surface area contributed by atoms with Gasteiger partial charge >= 0.3 is 12.0 Å². The maximum atomic E-state index is 12.9. The Labute approximate surface area is 201 Å². The van der Waals surface area contributed by atoms with Crippen LogP contribution >= 0.6 is 0 Å². The highest BCUT2D eigenvalue weighted by atomic mass is 32.2. The molecule has 0 aromatic heterocycles. The molecule has 1 aliphatic heterocycles. The lowest BCUT2D eigenvalue weighted by Gasteiger charge is -2.20. The Bertz CT molecular complexity index is 949. The minimum atomic E-state index is -3.51. The predicted molar refractivity (Wildman–Crippen MR) is 126 cm³/mol. The molecule has 1 heterocycles. The summed E-state index contributed by atoms with van der Waals surface area (Å²) in [5, 5.41) is 4.96. The van der Waals surface area contributed by atoms with Crippen LogP contribution in [0.4, 0.5) is 4.79 Å². The summed E-state index contributed by atoms with van der Waals surface area (Å²) < 4.78 is 32.4. The van der Waals surface area contributed by atoms with E-state index in [0.29, 0.717) is 19.5 Å². The number of carbonyl (C=O) groups is 3. The number of esters is 1. The number of nitrogens with one attached hydrogen (secondary N) is 2. The smallest absolute Gasteiger partial charge is 0.321 e. The zero-order chi connectivity index (χ0) is 24.6. The maximum Gasteiger partial charge on any atom is 0.321 e. The second-order valence-corrected chi connectivity index (χ2v) is 11.0. The molecule has 0 spiro atoms. The second-order valence-electron chi connectivity index (χ2n) is 9.04. The molecule has 9 nitrogen and oxygen atoms in total. The van der Waals surface area contributed by atoms with Crippen molar-refractivity contribution < 1.29 is 27.5 Å². The molecule has 34 heavy (non-hydrogen) atoms. The predicted octanol–water partition coefficient (Wildman–Crippen LogP) is 2.88. The molecular weight excluding hydrogens is 458 g/mol. The van der Waals surface area contributed by atoms with E-state index in [9.17, 15) is 22.8 Å². The molecule has 188 valence electrons. The Kier molecular flexibility index (Phi) is 9.46. The number of ether oxygens (including phenoxy) is 1. The van der Waals surface area contributed by atoms with Gasteiger partial charge in [-0.3, -0.25) is 14.9 Å². The Morgan fingerprint density at radius 2 is 1.62 bits per heavy atom. The van der Waals surface area contributed by atoms with Crippen LogP contribution in [0.2, 0.25) is 0 Å². The van der Waals surface area contributed by atoms with E-state index in [1.807, 2.05) is 0 Å². The maximum absolute atomic E-state index is 12.9. The second kappa shape index (κ2) is 12.3. The molecule has 3 rings (SSSR count). The number of imide groups is 1. The number of sulfonamides is 1. The van der Waals surface area contributed by atoms with Gasteiger partial charge in [-0.05, 0) is 56.7 Å². The highest BCUT2D eigenvalue weighted by molar-refractivity contribution is 7.89. The van der Waals surface area contributed by atoms with Gasteiger partial charge in [-0.25, -0.2) is 13.2 Å². The van der Waals surface area contributed by atoms with E-state index in [2.05, 4.69) is 10.6 Å². The van der Waals surface area contributed by atoms with Crippen molar-refractivity contribution in [3.05, 3.63) is 29.8 Å². The third-order valence-electron chi connectivity index (χ3n) is 6.35. The molecule has 1 saturated carbocycles. The summed E-state index contributed by atoms with van der Waals surface area (Å²) in [6.45, 7) is 2.51. The fourth-order valence-electron chi connectivity index (χ4n) is 4.32. The molecule has 10 heteroatoms. The van der Waals surface area contributed by atoms with Crippen molar-refractivity contribution in [3.63, 3.8) is 0 Å². The molecule has 1 saturated heterocycles. The number of hydrogen-bond donors (Lipinski definition) is 2. The van der Waals surface area contributed by atoms with Crippen LogP contribution in [-0.4, -0.2) is 55.9 Å². The van der Waals surface area contributed by atoms with Gasteiger partial charge in [0.2, 0.25) is 10.0 Å². The van der Waals surface area contributed by atoms with E-state index in [1.165, 1.54) is 6.92 Å². The van der Waals surface area contributed by atoms with Gasteiger partial charge in [0, 0.05) is 25.6 Å². The van der Waals surface area contributed by atoms with Gasteiger partial charge in [0.1, 0.15) is 0 Å². The molecule has 0 radical (unpaired) electrons. The number of carbonyl (C=O) groups excluding carboxylic acids is 3. The van der Waals surface area contributed by atoms with E-state index in [-0.39, 0.29) is 17.4 Å². The van der Waals surface area contributed by atoms with E-state index in [0.717, 1.165) is 56.9 Å². The molecule has 2 fully saturated rings. The van der Waals surface area contributed by atoms with Crippen LogP contribution < -0.4 is 10.6 Å². The quantitative estimate of drug-likeness (QED) is 0.537. The number of amides is 3. The average molecular weight is 494 g/mol. The molecule has 1 aliphatic carbocycles. The summed E-state index contributed by atoms with van der Waals surface area (Å²) in [5.41, 5.74) is 0.791. The van der Waals surface area contributed by atoms with E-state index in [4.69, 9.17) is 4.74 Å². The third-order valence-corrected chi connectivity index (χ3v) is 8.26. The number of rotatable bonds is 8. The minimum absolute atomic E-state index is 0.0319. The van der Waals surface area contributed by atoms with Gasteiger partial charge in [0.25, 0.3) is 5.91 Å². The molecule has 1 atom stereocenters. The van der Waals surface area contributed by atoms with Crippen LogP contribution in [0, 0.1) is 0 Å². The first-order valence-electron chi connectivity index (χ1n) is 12.2. The highest BCUT2D eigenvalue weighted by Gasteiger charge is 2.25. The van der Waals surface area contributed by atoms with Gasteiger partial charge in [0.05, 0.1) is 4.90 Å². The summed E-state index contributed by atoms with van der Waals surface area (Å²) in [7, 11) is -3.51. The topological polar surface area (TPSA) is 122 Å². The number of urea groups is 1. The van der Waals surface area contributed by atoms with Crippen LogP contribution in [0.3, 0.4) is 0 Å². The first kappa shape index (κ1) is 26.2. The van der Waals surface area contributed by atoms with Gasteiger partial charge in [-0.1, -0.05) is 37.8 Å². The van der Waals surface area contributed by atoms with Crippen molar-refractivity contribution in [2.24, 2.45) is 0 Å². The summed E-state index contributed by atoms with van der Waals surface area (Å²) in [5.74, 6) is -1.24. The van der Waals surface area contributed by atoms with E-state index < -0.39 is 34.0 Å². The van der Waals surface area contributed by atoms with Crippen molar-refractivity contribution in [2.45, 2.75) is 88.2 Å². The Morgan fingerprint density at radius 3 is 2.24 bits per heavy atom. The lowest BCUT2D eigenvalue weighted by atomic mass is 10.1.